The van der Waals surface area contributed by atoms with E-state index in [1.54, 1.807) is 7.11 Å². The second kappa shape index (κ2) is 6.78. The molecule has 1 unspecified atom stereocenters. The van der Waals surface area contributed by atoms with Gasteiger partial charge in [-0.05, 0) is 30.5 Å². The highest BCUT2D eigenvalue weighted by molar-refractivity contribution is 5.78. The van der Waals surface area contributed by atoms with E-state index in [1.165, 1.54) is 12.0 Å². The van der Waals surface area contributed by atoms with E-state index in [9.17, 15) is 4.79 Å². The fourth-order valence-electron chi connectivity index (χ4n) is 2.86. The molecule has 1 saturated heterocycles. The summed E-state index contributed by atoms with van der Waals surface area (Å²) in [5, 5.41) is 0. The number of rotatable bonds is 3. The van der Waals surface area contributed by atoms with Gasteiger partial charge in [-0.1, -0.05) is 32.4 Å². The van der Waals surface area contributed by atoms with Crippen molar-refractivity contribution < 1.29 is 9.53 Å². The van der Waals surface area contributed by atoms with Crippen LogP contribution in [0, 0.1) is 5.92 Å². The van der Waals surface area contributed by atoms with Crippen molar-refractivity contribution in [1.29, 1.82) is 0 Å². The fraction of sp³-hybridized carbons (Fsp3) is 0.588. The van der Waals surface area contributed by atoms with Crippen LogP contribution in [0.2, 0.25) is 0 Å². The van der Waals surface area contributed by atoms with Crippen LogP contribution in [0.3, 0.4) is 0 Å². The maximum Gasteiger partial charge on any atom is 0.225 e. The van der Waals surface area contributed by atoms with E-state index >= 15 is 0 Å². The summed E-state index contributed by atoms with van der Waals surface area (Å²) in [6.07, 6.45) is 3.47. The molecule has 1 amide bonds. The molecular weight excluding hydrogens is 250 g/mol. The molecule has 0 bridgehead atoms. The van der Waals surface area contributed by atoms with Crippen LogP contribution in [0.25, 0.3) is 0 Å². The number of amides is 1. The number of hydrogen-bond donors (Lipinski definition) is 0. The van der Waals surface area contributed by atoms with Crippen LogP contribution < -0.4 is 4.74 Å². The maximum absolute atomic E-state index is 12.2. The second-order valence-corrected chi connectivity index (χ2v) is 5.90. The van der Waals surface area contributed by atoms with Crippen molar-refractivity contribution in [3.8, 4) is 5.75 Å². The first kappa shape index (κ1) is 14.9. The number of likely N-dealkylation sites (tertiary alicyclic amines) is 1. The predicted octanol–water partition coefficient (Wildman–Crippen LogP) is 3.45. The summed E-state index contributed by atoms with van der Waals surface area (Å²) in [5.74, 6) is 1.71. The Balaban J connectivity index is 2.11. The van der Waals surface area contributed by atoms with Crippen LogP contribution in [0.5, 0.6) is 5.75 Å². The van der Waals surface area contributed by atoms with Crippen LogP contribution in [-0.2, 0) is 4.79 Å². The second-order valence-electron chi connectivity index (χ2n) is 5.90. The van der Waals surface area contributed by atoms with E-state index < -0.39 is 0 Å². The standard InChI is InChI=1S/C17H25NO2/c1-13(2)17(19)18-11-5-4-6-15(12-18)14-7-9-16(20-3)10-8-14/h7-10,13,15H,4-6,11-12H2,1-3H3. The molecule has 1 fully saturated rings. The van der Waals surface area contributed by atoms with Gasteiger partial charge in [-0.25, -0.2) is 0 Å². The molecule has 2 rings (SSSR count). The molecule has 1 aliphatic heterocycles. The number of methoxy groups -OCH3 is 1. The summed E-state index contributed by atoms with van der Waals surface area (Å²) in [6.45, 7) is 5.72. The molecule has 0 saturated carbocycles. The monoisotopic (exact) mass is 275 g/mol. The zero-order chi connectivity index (χ0) is 14.5. The molecule has 0 aromatic heterocycles. The van der Waals surface area contributed by atoms with Crippen molar-refractivity contribution in [2.45, 2.75) is 39.0 Å². The molecule has 1 atom stereocenters. The molecule has 1 aromatic carbocycles. The Morgan fingerprint density at radius 1 is 1.25 bits per heavy atom. The lowest BCUT2D eigenvalue weighted by atomic mass is 9.94. The number of hydrogen-bond acceptors (Lipinski definition) is 2. The Morgan fingerprint density at radius 3 is 2.55 bits per heavy atom. The summed E-state index contributed by atoms with van der Waals surface area (Å²) in [7, 11) is 1.68. The largest absolute Gasteiger partial charge is 0.497 e. The third-order valence-electron chi connectivity index (χ3n) is 4.06. The van der Waals surface area contributed by atoms with Gasteiger partial charge in [-0.15, -0.1) is 0 Å². The van der Waals surface area contributed by atoms with Crippen molar-refractivity contribution in [1.82, 2.24) is 4.90 Å². The van der Waals surface area contributed by atoms with Crippen LogP contribution in [0.4, 0.5) is 0 Å². The molecule has 0 aliphatic carbocycles. The quantitative estimate of drug-likeness (QED) is 0.845. The number of ether oxygens (including phenoxy) is 1. The van der Waals surface area contributed by atoms with Gasteiger partial charge in [-0.3, -0.25) is 4.79 Å². The van der Waals surface area contributed by atoms with E-state index in [1.807, 2.05) is 30.9 Å². The first-order valence-electron chi connectivity index (χ1n) is 7.54. The van der Waals surface area contributed by atoms with Gasteiger partial charge in [-0.2, -0.15) is 0 Å². The fourth-order valence-corrected chi connectivity index (χ4v) is 2.86. The molecule has 0 N–H and O–H groups in total. The third-order valence-corrected chi connectivity index (χ3v) is 4.06. The van der Waals surface area contributed by atoms with E-state index in [0.717, 1.165) is 31.7 Å². The zero-order valence-electron chi connectivity index (χ0n) is 12.8. The highest BCUT2D eigenvalue weighted by atomic mass is 16.5. The Labute approximate surface area is 121 Å². The average molecular weight is 275 g/mol. The Morgan fingerprint density at radius 2 is 1.95 bits per heavy atom. The minimum absolute atomic E-state index is 0.0876. The molecule has 1 aliphatic rings. The van der Waals surface area contributed by atoms with Gasteiger partial charge in [0.25, 0.3) is 0 Å². The first-order valence-corrected chi connectivity index (χ1v) is 7.54. The zero-order valence-corrected chi connectivity index (χ0v) is 12.8. The van der Waals surface area contributed by atoms with Gasteiger partial charge in [0, 0.05) is 24.9 Å². The molecule has 0 radical (unpaired) electrons. The van der Waals surface area contributed by atoms with Gasteiger partial charge in [0.05, 0.1) is 7.11 Å². The predicted molar refractivity (Wildman–Crippen MR) is 81.0 cm³/mol. The van der Waals surface area contributed by atoms with E-state index in [4.69, 9.17) is 4.74 Å². The minimum atomic E-state index is 0.0876. The molecule has 3 heteroatoms. The number of benzene rings is 1. The molecule has 1 heterocycles. The minimum Gasteiger partial charge on any atom is -0.497 e. The van der Waals surface area contributed by atoms with E-state index in [2.05, 4.69) is 12.1 Å². The number of carbonyl (C=O) groups excluding carboxylic acids is 1. The smallest absolute Gasteiger partial charge is 0.225 e. The van der Waals surface area contributed by atoms with Gasteiger partial charge in [0.2, 0.25) is 5.91 Å². The van der Waals surface area contributed by atoms with E-state index in [-0.39, 0.29) is 11.8 Å². The molecule has 20 heavy (non-hydrogen) atoms. The summed E-state index contributed by atoms with van der Waals surface area (Å²) < 4.78 is 5.21. The molecule has 3 nitrogen and oxygen atoms in total. The van der Waals surface area contributed by atoms with Gasteiger partial charge >= 0.3 is 0 Å². The van der Waals surface area contributed by atoms with Crippen molar-refractivity contribution in [3.63, 3.8) is 0 Å². The van der Waals surface area contributed by atoms with Crippen molar-refractivity contribution in [2.24, 2.45) is 5.92 Å². The van der Waals surface area contributed by atoms with E-state index in [0.29, 0.717) is 5.92 Å². The van der Waals surface area contributed by atoms with Gasteiger partial charge in [0.1, 0.15) is 5.75 Å². The third kappa shape index (κ3) is 3.53. The topological polar surface area (TPSA) is 29.5 Å². The van der Waals surface area contributed by atoms with Crippen LogP contribution in [0.15, 0.2) is 24.3 Å². The normalized spacial score (nSPS) is 19.8. The van der Waals surface area contributed by atoms with Crippen molar-refractivity contribution >= 4 is 5.91 Å². The average Bonchev–Trinajstić information content (AvgIpc) is 2.72. The number of nitrogens with zero attached hydrogens (tertiary/aromatic N) is 1. The van der Waals surface area contributed by atoms with Crippen LogP contribution >= 0.6 is 0 Å². The first-order chi connectivity index (χ1) is 9.61. The molecule has 0 spiro atoms. The van der Waals surface area contributed by atoms with Crippen LogP contribution in [0.1, 0.15) is 44.6 Å². The Hall–Kier alpha value is -1.51. The Kier molecular flexibility index (Phi) is 5.05. The maximum atomic E-state index is 12.2. The highest BCUT2D eigenvalue weighted by Crippen LogP contribution is 2.28. The molecule has 110 valence electrons. The van der Waals surface area contributed by atoms with Crippen molar-refractivity contribution in [2.75, 3.05) is 20.2 Å². The lowest BCUT2D eigenvalue weighted by molar-refractivity contribution is -0.134. The molecular formula is C17H25NO2. The lowest BCUT2D eigenvalue weighted by Gasteiger charge is -2.26. The lowest BCUT2D eigenvalue weighted by Crippen LogP contribution is -2.36. The Bertz CT molecular complexity index is 439. The summed E-state index contributed by atoms with van der Waals surface area (Å²) in [4.78, 5) is 14.3. The van der Waals surface area contributed by atoms with Gasteiger partial charge < -0.3 is 9.64 Å². The van der Waals surface area contributed by atoms with Gasteiger partial charge in [0.15, 0.2) is 0 Å². The summed E-state index contributed by atoms with van der Waals surface area (Å²) in [6, 6.07) is 8.28. The highest BCUT2D eigenvalue weighted by Gasteiger charge is 2.24. The summed E-state index contributed by atoms with van der Waals surface area (Å²) in [5.41, 5.74) is 1.31. The number of carbonyl (C=O) groups is 1. The summed E-state index contributed by atoms with van der Waals surface area (Å²) >= 11 is 0. The molecule has 1 aromatic rings. The SMILES string of the molecule is COc1ccc(C2CCCCN(C(=O)C(C)C)C2)cc1. The van der Waals surface area contributed by atoms with Crippen LogP contribution in [-0.4, -0.2) is 31.0 Å². The van der Waals surface area contributed by atoms with Crippen molar-refractivity contribution in [3.05, 3.63) is 29.8 Å².